The monoisotopic (exact) mass is 229 g/mol. The van der Waals surface area contributed by atoms with Crippen LogP contribution in [0.2, 0.25) is 0 Å². The predicted octanol–water partition coefficient (Wildman–Crippen LogP) is 2.47. The van der Waals surface area contributed by atoms with E-state index in [1.54, 1.807) is 0 Å². The molecular formula is C15H19NO. The van der Waals surface area contributed by atoms with E-state index in [4.69, 9.17) is 4.74 Å². The van der Waals surface area contributed by atoms with Crippen molar-refractivity contribution < 1.29 is 4.74 Å². The standard InChI is InChI=1S/C15H19NO/c1-2-4-12-11(3-1)13-7-16-8-14(13)15(12)17-9-10-5-6-10/h1-4,10,13-16H,5-9H2/t13-,14-,15+/m0/s1. The molecule has 1 saturated heterocycles. The highest BCUT2D eigenvalue weighted by molar-refractivity contribution is 5.40. The predicted molar refractivity (Wildman–Crippen MR) is 67.0 cm³/mol. The van der Waals surface area contributed by atoms with E-state index in [1.165, 1.54) is 24.0 Å². The van der Waals surface area contributed by atoms with E-state index in [0.717, 1.165) is 25.6 Å². The molecule has 2 fully saturated rings. The normalized spacial score (nSPS) is 34.7. The van der Waals surface area contributed by atoms with Crippen molar-refractivity contribution >= 4 is 0 Å². The minimum Gasteiger partial charge on any atom is -0.373 e. The van der Waals surface area contributed by atoms with Crippen molar-refractivity contribution in [3.8, 4) is 0 Å². The van der Waals surface area contributed by atoms with Crippen LogP contribution in [0.3, 0.4) is 0 Å². The van der Waals surface area contributed by atoms with Gasteiger partial charge in [-0.2, -0.15) is 0 Å². The van der Waals surface area contributed by atoms with Crippen molar-refractivity contribution in [2.45, 2.75) is 24.9 Å². The fourth-order valence-corrected chi connectivity index (χ4v) is 3.43. The molecule has 0 amide bonds. The van der Waals surface area contributed by atoms with Gasteiger partial charge in [-0.25, -0.2) is 0 Å². The van der Waals surface area contributed by atoms with Crippen molar-refractivity contribution in [1.29, 1.82) is 0 Å². The van der Waals surface area contributed by atoms with Crippen LogP contribution in [0.4, 0.5) is 0 Å². The van der Waals surface area contributed by atoms with Crippen LogP contribution in [0.5, 0.6) is 0 Å². The summed E-state index contributed by atoms with van der Waals surface area (Å²) in [6.45, 7) is 3.22. The average molecular weight is 229 g/mol. The molecule has 3 atom stereocenters. The highest BCUT2D eigenvalue weighted by atomic mass is 16.5. The third-order valence-corrected chi connectivity index (χ3v) is 4.56. The Balaban J connectivity index is 1.63. The van der Waals surface area contributed by atoms with Gasteiger partial charge in [0.2, 0.25) is 0 Å². The molecule has 1 aromatic carbocycles. The Labute approximate surface area is 102 Å². The molecule has 1 saturated carbocycles. The third-order valence-electron chi connectivity index (χ3n) is 4.56. The summed E-state index contributed by atoms with van der Waals surface area (Å²) in [5, 5.41) is 3.52. The van der Waals surface area contributed by atoms with E-state index in [0.29, 0.717) is 17.9 Å². The van der Waals surface area contributed by atoms with E-state index in [1.807, 2.05) is 0 Å². The molecule has 0 unspecified atom stereocenters. The van der Waals surface area contributed by atoms with Crippen LogP contribution in [0.25, 0.3) is 0 Å². The SMILES string of the molecule is c1ccc2c(c1)[C@@H](OCC1CC1)[C@H]1CNC[C@@H]21. The zero-order valence-corrected chi connectivity index (χ0v) is 10.1. The van der Waals surface area contributed by atoms with Gasteiger partial charge < -0.3 is 10.1 Å². The molecule has 90 valence electrons. The molecule has 1 aliphatic heterocycles. The van der Waals surface area contributed by atoms with Crippen LogP contribution < -0.4 is 5.32 Å². The van der Waals surface area contributed by atoms with E-state index >= 15 is 0 Å². The Kier molecular flexibility index (Phi) is 2.27. The second-order valence-electron chi connectivity index (χ2n) is 5.75. The van der Waals surface area contributed by atoms with Crippen LogP contribution in [0.15, 0.2) is 24.3 Å². The van der Waals surface area contributed by atoms with Crippen molar-refractivity contribution in [2.24, 2.45) is 11.8 Å². The van der Waals surface area contributed by atoms with Gasteiger partial charge in [0.25, 0.3) is 0 Å². The van der Waals surface area contributed by atoms with E-state index in [-0.39, 0.29) is 0 Å². The van der Waals surface area contributed by atoms with Gasteiger partial charge in [-0.15, -0.1) is 0 Å². The van der Waals surface area contributed by atoms with Gasteiger partial charge >= 0.3 is 0 Å². The zero-order valence-electron chi connectivity index (χ0n) is 10.1. The molecular weight excluding hydrogens is 210 g/mol. The molecule has 1 N–H and O–H groups in total. The fraction of sp³-hybridized carbons (Fsp3) is 0.600. The lowest BCUT2D eigenvalue weighted by Gasteiger charge is -2.19. The summed E-state index contributed by atoms with van der Waals surface area (Å²) in [6, 6.07) is 8.88. The lowest BCUT2D eigenvalue weighted by molar-refractivity contribution is 0.0154. The second-order valence-corrected chi connectivity index (χ2v) is 5.75. The van der Waals surface area contributed by atoms with Crippen molar-refractivity contribution in [3.05, 3.63) is 35.4 Å². The maximum atomic E-state index is 6.23. The number of hydrogen-bond acceptors (Lipinski definition) is 2. The van der Waals surface area contributed by atoms with Crippen LogP contribution in [-0.4, -0.2) is 19.7 Å². The molecule has 2 nitrogen and oxygen atoms in total. The average Bonchev–Trinajstić information content (AvgIpc) is 2.98. The Hall–Kier alpha value is -0.860. The number of rotatable bonds is 3. The number of hydrogen-bond donors (Lipinski definition) is 1. The van der Waals surface area contributed by atoms with Gasteiger partial charge in [-0.05, 0) is 29.9 Å². The molecule has 17 heavy (non-hydrogen) atoms. The summed E-state index contributed by atoms with van der Waals surface area (Å²) in [6.07, 6.45) is 3.10. The lowest BCUT2D eigenvalue weighted by atomic mass is 9.96. The van der Waals surface area contributed by atoms with E-state index in [9.17, 15) is 0 Å². The third kappa shape index (κ3) is 1.62. The maximum Gasteiger partial charge on any atom is 0.0874 e. The number of fused-ring (bicyclic) bond motifs is 3. The quantitative estimate of drug-likeness (QED) is 0.859. The molecule has 0 aromatic heterocycles. The summed E-state index contributed by atoms with van der Waals surface area (Å²) in [5.74, 6) is 2.22. The van der Waals surface area contributed by atoms with Gasteiger partial charge in [0.05, 0.1) is 12.7 Å². The van der Waals surface area contributed by atoms with Gasteiger partial charge in [0.15, 0.2) is 0 Å². The van der Waals surface area contributed by atoms with Gasteiger partial charge in [0.1, 0.15) is 0 Å². The largest absolute Gasteiger partial charge is 0.373 e. The minimum absolute atomic E-state index is 0.354. The Bertz CT molecular complexity index is 427. The summed E-state index contributed by atoms with van der Waals surface area (Å²) < 4.78 is 6.23. The first-order valence-corrected chi connectivity index (χ1v) is 6.84. The number of benzene rings is 1. The van der Waals surface area contributed by atoms with Crippen molar-refractivity contribution in [3.63, 3.8) is 0 Å². The zero-order chi connectivity index (χ0) is 11.2. The molecule has 2 heteroatoms. The van der Waals surface area contributed by atoms with Gasteiger partial charge in [0, 0.05) is 24.9 Å². The van der Waals surface area contributed by atoms with Crippen LogP contribution in [0, 0.1) is 11.8 Å². The fourth-order valence-electron chi connectivity index (χ4n) is 3.43. The van der Waals surface area contributed by atoms with Crippen LogP contribution in [0.1, 0.15) is 36.0 Å². The topological polar surface area (TPSA) is 21.3 Å². The van der Waals surface area contributed by atoms with E-state index < -0.39 is 0 Å². The molecule has 1 aromatic rings. The first kappa shape index (κ1) is 10.1. The first-order chi connectivity index (χ1) is 8.43. The molecule has 2 aliphatic carbocycles. The number of nitrogens with one attached hydrogen (secondary N) is 1. The summed E-state index contributed by atoms with van der Waals surface area (Å²) in [5.41, 5.74) is 2.99. The Morgan fingerprint density at radius 2 is 1.94 bits per heavy atom. The van der Waals surface area contributed by atoms with Crippen molar-refractivity contribution in [1.82, 2.24) is 5.32 Å². The first-order valence-electron chi connectivity index (χ1n) is 6.84. The Morgan fingerprint density at radius 3 is 2.76 bits per heavy atom. The molecule has 1 heterocycles. The highest BCUT2D eigenvalue weighted by Crippen LogP contribution is 2.49. The molecule has 3 aliphatic rings. The minimum atomic E-state index is 0.354. The molecule has 0 bridgehead atoms. The summed E-state index contributed by atoms with van der Waals surface area (Å²) in [7, 11) is 0. The van der Waals surface area contributed by atoms with Gasteiger partial charge in [-0.1, -0.05) is 24.3 Å². The summed E-state index contributed by atoms with van der Waals surface area (Å²) >= 11 is 0. The maximum absolute atomic E-state index is 6.23. The van der Waals surface area contributed by atoms with Crippen LogP contribution in [-0.2, 0) is 4.74 Å². The lowest BCUT2D eigenvalue weighted by Crippen LogP contribution is -2.18. The second kappa shape index (κ2) is 3.82. The van der Waals surface area contributed by atoms with Crippen LogP contribution >= 0.6 is 0 Å². The van der Waals surface area contributed by atoms with Crippen molar-refractivity contribution in [2.75, 3.05) is 19.7 Å². The van der Waals surface area contributed by atoms with Gasteiger partial charge in [-0.3, -0.25) is 0 Å². The molecule has 0 radical (unpaired) electrons. The highest BCUT2D eigenvalue weighted by Gasteiger charge is 2.44. The molecule has 4 rings (SSSR count). The smallest absolute Gasteiger partial charge is 0.0874 e. The van der Waals surface area contributed by atoms with E-state index in [2.05, 4.69) is 29.6 Å². The summed E-state index contributed by atoms with van der Waals surface area (Å²) in [4.78, 5) is 0. The number of ether oxygens (including phenoxy) is 1. The Morgan fingerprint density at radius 1 is 1.12 bits per heavy atom. The molecule has 0 spiro atoms.